The van der Waals surface area contributed by atoms with Crippen molar-refractivity contribution in [2.24, 2.45) is 10.4 Å². The molecule has 0 fully saturated rings. The number of benzene rings is 1. The highest BCUT2D eigenvalue weighted by Gasteiger charge is 2.12. The van der Waals surface area contributed by atoms with Crippen LogP contribution in [0.25, 0.3) is 0 Å². The first-order valence-corrected chi connectivity index (χ1v) is 7.30. The van der Waals surface area contributed by atoms with Crippen molar-refractivity contribution >= 4 is 29.4 Å². The number of aliphatic imine (C=N–C) groups is 1. The standard InChI is InChI=1S/C16H16Cl2N4/c1-16(2,3)10-22-15(8-20)14(7-19)21-9-11-12(17)5-4-6-13(11)18/h4-6,9,22H,10H2,1-3H3/b15-14+,21-9?. The fraction of sp³-hybridized carbons (Fsp3) is 0.312. The molecule has 6 heteroatoms. The number of nitrogens with one attached hydrogen (secondary N) is 1. The molecule has 0 atom stereocenters. The third-order valence-electron chi connectivity index (χ3n) is 2.57. The second kappa shape index (κ2) is 7.84. The van der Waals surface area contributed by atoms with Gasteiger partial charge in [0.15, 0.2) is 11.4 Å². The van der Waals surface area contributed by atoms with Crippen molar-refractivity contribution in [1.29, 1.82) is 10.5 Å². The Morgan fingerprint density at radius 2 is 1.82 bits per heavy atom. The lowest BCUT2D eigenvalue weighted by molar-refractivity contribution is 0.399. The zero-order valence-electron chi connectivity index (χ0n) is 12.6. The molecule has 0 aliphatic rings. The highest BCUT2D eigenvalue weighted by molar-refractivity contribution is 6.38. The van der Waals surface area contributed by atoms with Crippen LogP contribution in [0.5, 0.6) is 0 Å². The molecule has 1 N–H and O–H groups in total. The van der Waals surface area contributed by atoms with E-state index in [4.69, 9.17) is 23.2 Å². The summed E-state index contributed by atoms with van der Waals surface area (Å²) in [5, 5.41) is 22.2. The molecule has 0 heterocycles. The van der Waals surface area contributed by atoms with Crippen LogP contribution in [-0.4, -0.2) is 12.8 Å². The molecule has 114 valence electrons. The molecule has 0 aliphatic heterocycles. The maximum absolute atomic E-state index is 9.19. The molecule has 22 heavy (non-hydrogen) atoms. The molecular weight excluding hydrogens is 319 g/mol. The largest absolute Gasteiger partial charge is 0.374 e. The second-order valence-corrected chi connectivity index (χ2v) is 6.57. The molecule has 0 saturated carbocycles. The smallest absolute Gasteiger partial charge is 0.174 e. The van der Waals surface area contributed by atoms with Crippen LogP contribution >= 0.6 is 23.2 Å². The summed E-state index contributed by atoms with van der Waals surface area (Å²) >= 11 is 12.1. The van der Waals surface area contributed by atoms with Gasteiger partial charge in [-0.15, -0.1) is 0 Å². The molecule has 0 unspecified atom stereocenters. The van der Waals surface area contributed by atoms with E-state index < -0.39 is 0 Å². The van der Waals surface area contributed by atoms with Crippen molar-refractivity contribution in [3.63, 3.8) is 0 Å². The molecule has 1 aromatic rings. The summed E-state index contributed by atoms with van der Waals surface area (Å²) < 4.78 is 0. The summed E-state index contributed by atoms with van der Waals surface area (Å²) in [6.07, 6.45) is 1.39. The number of rotatable bonds is 4. The highest BCUT2D eigenvalue weighted by Crippen LogP contribution is 2.22. The van der Waals surface area contributed by atoms with Crippen molar-refractivity contribution in [3.05, 3.63) is 45.2 Å². The van der Waals surface area contributed by atoms with Crippen LogP contribution in [0, 0.1) is 28.1 Å². The van der Waals surface area contributed by atoms with Gasteiger partial charge >= 0.3 is 0 Å². The van der Waals surface area contributed by atoms with Crippen molar-refractivity contribution in [2.75, 3.05) is 6.54 Å². The van der Waals surface area contributed by atoms with Gasteiger partial charge in [0.25, 0.3) is 0 Å². The van der Waals surface area contributed by atoms with E-state index >= 15 is 0 Å². The SMILES string of the molecule is CC(C)(C)CN/C(C#N)=C(\C#N)N=Cc1c(Cl)cccc1Cl. The van der Waals surface area contributed by atoms with Crippen LogP contribution < -0.4 is 5.32 Å². The molecule has 0 bridgehead atoms. The molecule has 0 aliphatic carbocycles. The van der Waals surface area contributed by atoms with E-state index in [0.29, 0.717) is 22.2 Å². The van der Waals surface area contributed by atoms with Gasteiger partial charge in [-0.2, -0.15) is 10.5 Å². The van der Waals surface area contributed by atoms with Crippen LogP contribution in [0.4, 0.5) is 0 Å². The zero-order chi connectivity index (χ0) is 16.8. The first kappa shape index (κ1) is 18.0. The molecule has 0 amide bonds. The van der Waals surface area contributed by atoms with Gasteiger partial charge in [0.05, 0.1) is 10.0 Å². The zero-order valence-corrected chi connectivity index (χ0v) is 14.1. The lowest BCUT2D eigenvalue weighted by Crippen LogP contribution is -2.26. The van der Waals surface area contributed by atoms with Gasteiger partial charge < -0.3 is 5.32 Å². The predicted molar refractivity (Wildman–Crippen MR) is 89.8 cm³/mol. The second-order valence-electron chi connectivity index (χ2n) is 5.75. The minimum absolute atomic E-state index is 0.0114. The number of allylic oxidation sites excluding steroid dienone is 2. The summed E-state index contributed by atoms with van der Waals surface area (Å²) in [7, 11) is 0. The Labute approximate surface area is 140 Å². The normalized spacial score (nSPS) is 12.5. The minimum Gasteiger partial charge on any atom is -0.374 e. The molecule has 0 spiro atoms. The summed E-state index contributed by atoms with van der Waals surface area (Å²) in [5.74, 6) is 0. The van der Waals surface area contributed by atoms with Gasteiger partial charge in [-0.1, -0.05) is 50.0 Å². The van der Waals surface area contributed by atoms with Crippen molar-refractivity contribution < 1.29 is 0 Å². The summed E-state index contributed by atoms with van der Waals surface area (Å²) in [6, 6.07) is 8.93. The average molecular weight is 335 g/mol. The Kier molecular flexibility index (Phi) is 6.43. The maximum Gasteiger partial charge on any atom is 0.174 e. The lowest BCUT2D eigenvalue weighted by atomic mass is 9.97. The molecule has 4 nitrogen and oxygen atoms in total. The third-order valence-corrected chi connectivity index (χ3v) is 3.23. The summed E-state index contributed by atoms with van der Waals surface area (Å²) in [4.78, 5) is 4.05. The molecule has 1 rings (SSSR count). The van der Waals surface area contributed by atoms with Crippen LogP contribution in [-0.2, 0) is 0 Å². The molecular formula is C16H16Cl2N4. The average Bonchev–Trinajstić information content (AvgIpc) is 2.43. The number of halogens is 2. The third kappa shape index (κ3) is 5.41. The van der Waals surface area contributed by atoms with Gasteiger partial charge in [-0.25, -0.2) is 4.99 Å². The van der Waals surface area contributed by atoms with E-state index in [1.807, 2.05) is 32.9 Å². The molecule has 0 saturated heterocycles. The maximum atomic E-state index is 9.19. The van der Waals surface area contributed by atoms with Gasteiger partial charge in [0, 0.05) is 18.3 Å². The molecule has 0 aromatic heterocycles. The Hall–Kier alpha value is -2.01. The first-order chi connectivity index (χ1) is 10.3. The van der Waals surface area contributed by atoms with E-state index in [1.165, 1.54) is 6.21 Å². The van der Waals surface area contributed by atoms with Crippen LogP contribution in [0.1, 0.15) is 26.3 Å². The first-order valence-electron chi connectivity index (χ1n) is 6.55. The van der Waals surface area contributed by atoms with Crippen molar-refractivity contribution in [3.8, 4) is 12.1 Å². The molecule has 1 aromatic carbocycles. The van der Waals surface area contributed by atoms with E-state index in [0.717, 1.165) is 0 Å². The van der Waals surface area contributed by atoms with Crippen LogP contribution in [0.15, 0.2) is 34.6 Å². The number of hydrogen-bond acceptors (Lipinski definition) is 4. The minimum atomic E-state index is -0.0293. The Balaban J connectivity index is 3.09. The fourth-order valence-electron chi connectivity index (χ4n) is 1.44. The summed E-state index contributed by atoms with van der Waals surface area (Å²) in [6.45, 7) is 6.61. The van der Waals surface area contributed by atoms with Gasteiger partial charge in [-0.3, -0.25) is 0 Å². The monoisotopic (exact) mass is 334 g/mol. The van der Waals surface area contributed by atoms with Gasteiger partial charge in [0.2, 0.25) is 0 Å². The highest BCUT2D eigenvalue weighted by atomic mass is 35.5. The lowest BCUT2D eigenvalue weighted by Gasteiger charge is -2.18. The quantitative estimate of drug-likeness (QED) is 0.658. The summed E-state index contributed by atoms with van der Waals surface area (Å²) in [5.41, 5.74) is 0.588. The number of nitriles is 2. The molecule has 0 radical (unpaired) electrons. The van der Waals surface area contributed by atoms with Crippen LogP contribution in [0.2, 0.25) is 10.0 Å². The Morgan fingerprint density at radius 1 is 1.23 bits per heavy atom. The number of nitrogens with zero attached hydrogens (tertiary/aromatic N) is 3. The van der Waals surface area contributed by atoms with E-state index in [1.54, 1.807) is 18.2 Å². The predicted octanol–water partition coefficient (Wildman–Crippen LogP) is 4.31. The Morgan fingerprint density at radius 3 is 2.27 bits per heavy atom. The van der Waals surface area contributed by atoms with E-state index in [-0.39, 0.29) is 16.8 Å². The van der Waals surface area contributed by atoms with Gasteiger partial charge in [0.1, 0.15) is 12.1 Å². The number of hydrogen-bond donors (Lipinski definition) is 1. The van der Waals surface area contributed by atoms with Crippen LogP contribution in [0.3, 0.4) is 0 Å². The van der Waals surface area contributed by atoms with E-state index in [2.05, 4.69) is 10.3 Å². The Bertz CT molecular complexity index is 665. The topological polar surface area (TPSA) is 72.0 Å². The van der Waals surface area contributed by atoms with Crippen molar-refractivity contribution in [1.82, 2.24) is 5.32 Å². The fourth-order valence-corrected chi connectivity index (χ4v) is 1.94. The van der Waals surface area contributed by atoms with Crippen molar-refractivity contribution in [2.45, 2.75) is 20.8 Å². The van der Waals surface area contributed by atoms with Gasteiger partial charge in [-0.05, 0) is 17.5 Å². The van der Waals surface area contributed by atoms with E-state index in [9.17, 15) is 10.5 Å².